The fraction of sp³-hybridized carbons (Fsp3) is 0.545. The van der Waals surface area contributed by atoms with Crippen LogP contribution in [-0.4, -0.2) is 74.3 Å². The van der Waals surface area contributed by atoms with Gasteiger partial charge < -0.3 is 26.1 Å². The third-order valence-corrected chi connectivity index (χ3v) is 6.23. The number of aromatic amines is 1. The molecule has 176 valence electrons. The molecular formula is C22H31N9O2. The van der Waals surface area contributed by atoms with E-state index in [-0.39, 0.29) is 17.1 Å². The van der Waals surface area contributed by atoms with Crippen LogP contribution in [0.3, 0.4) is 0 Å². The van der Waals surface area contributed by atoms with Gasteiger partial charge in [-0.15, -0.1) is 0 Å². The first-order valence-corrected chi connectivity index (χ1v) is 11.6. The highest BCUT2D eigenvalue weighted by atomic mass is 16.5. The zero-order valence-corrected chi connectivity index (χ0v) is 18.9. The van der Waals surface area contributed by atoms with Crippen LogP contribution in [-0.2, 0) is 17.8 Å². The lowest BCUT2D eigenvalue weighted by Crippen LogP contribution is -2.69. The Labute approximate surface area is 191 Å². The quantitative estimate of drug-likeness (QED) is 0.360. The molecule has 1 spiro atoms. The van der Waals surface area contributed by atoms with Crippen molar-refractivity contribution < 1.29 is 4.74 Å². The zero-order chi connectivity index (χ0) is 22.8. The zero-order valence-electron chi connectivity index (χ0n) is 18.9. The predicted molar refractivity (Wildman–Crippen MR) is 126 cm³/mol. The standard InChI is InChI=1S/C22H31N9O2/c1-2-3-6-25-20-28-18(23)17-19(29-20)31(21(32)27-17)11-16-5-4-15(9-26-16)10-30-13-22(14-30)12-24-7-8-33-22/h4-5,9,24H,2-3,6-8,10-14H2,1H3,(H,27,32)(H3,23,25,28,29). The topological polar surface area (TPSA) is 139 Å². The number of imidazole rings is 1. The number of hydrogen-bond acceptors (Lipinski definition) is 9. The van der Waals surface area contributed by atoms with E-state index in [0.717, 1.165) is 70.0 Å². The Hall–Kier alpha value is -3.02. The Kier molecular flexibility index (Phi) is 6.00. The van der Waals surface area contributed by atoms with E-state index in [2.05, 4.69) is 48.5 Å². The van der Waals surface area contributed by atoms with Crippen molar-refractivity contribution in [3.05, 3.63) is 40.1 Å². The molecule has 0 aromatic carbocycles. The lowest BCUT2D eigenvalue weighted by atomic mass is 9.92. The molecule has 5 heterocycles. The summed E-state index contributed by atoms with van der Waals surface area (Å²) in [5, 5.41) is 6.58. The molecule has 3 aromatic heterocycles. The molecule has 2 aliphatic heterocycles. The van der Waals surface area contributed by atoms with Gasteiger partial charge in [-0.3, -0.25) is 14.5 Å². The van der Waals surface area contributed by atoms with Crippen molar-refractivity contribution in [1.82, 2.24) is 34.7 Å². The molecule has 3 aromatic rings. The molecule has 33 heavy (non-hydrogen) atoms. The lowest BCUT2D eigenvalue weighted by molar-refractivity contribution is -0.158. The smallest absolute Gasteiger partial charge is 0.328 e. The van der Waals surface area contributed by atoms with Crippen molar-refractivity contribution in [2.24, 2.45) is 0 Å². The molecule has 5 rings (SSSR count). The number of likely N-dealkylation sites (tertiary alicyclic amines) is 1. The summed E-state index contributed by atoms with van der Waals surface area (Å²) in [7, 11) is 0. The van der Waals surface area contributed by atoms with Crippen molar-refractivity contribution in [3.63, 3.8) is 0 Å². The summed E-state index contributed by atoms with van der Waals surface area (Å²) in [5.74, 6) is 0.677. The van der Waals surface area contributed by atoms with Crippen LogP contribution in [0.5, 0.6) is 0 Å². The van der Waals surface area contributed by atoms with Crippen LogP contribution in [0.2, 0.25) is 0 Å². The molecule has 5 N–H and O–H groups in total. The van der Waals surface area contributed by atoms with Gasteiger partial charge in [-0.05, 0) is 18.1 Å². The number of nitrogen functional groups attached to an aromatic ring is 1. The summed E-state index contributed by atoms with van der Waals surface area (Å²) in [6.07, 6.45) is 3.94. The number of aromatic nitrogens is 5. The van der Waals surface area contributed by atoms with E-state index in [1.807, 2.05) is 12.3 Å². The monoisotopic (exact) mass is 453 g/mol. The Morgan fingerprint density at radius 3 is 2.88 bits per heavy atom. The van der Waals surface area contributed by atoms with Crippen LogP contribution in [0, 0.1) is 0 Å². The van der Waals surface area contributed by atoms with Gasteiger partial charge in [0.25, 0.3) is 0 Å². The number of anilines is 2. The normalized spacial score (nSPS) is 18.0. The van der Waals surface area contributed by atoms with E-state index in [1.165, 1.54) is 0 Å². The summed E-state index contributed by atoms with van der Waals surface area (Å²) >= 11 is 0. The largest absolute Gasteiger partial charge is 0.382 e. The van der Waals surface area contributed by atoms with Gasteiger partial charge in [-0.2, -0.15) is 9.97 Å². The van der Waals surface area contributed by atoms with Crippen molar-refractivity contribution in [3.8, 4) is 0 Å². The minimum absolute atomic E-state index is 0.0178. The molecule has 2 fully saturated rings. The van der Waals surface area contributed by atoms with E-state index in [1.54, 1.807) is 4.57 Å². The van der Waals surface area contributed by atoms with Gasteiger partial charge in [0, 0.05) is 45.5 Å². The number of nitrogens with zero attached hydrogens (tertiary/aromatic N) is 5. The summed E-state index contributed by atoms with van der Waals surface area (Å²) in [6, 6.07) is 4.02. The first-order valence-electron chi connectivity index (χ1n) is 11.6. The van der Waals surface area contributed by atoms with Gasteiger partial charge in [-0.1, -0.05) is 19.4 Å². The number of H-pyrrole nitrogens is 1. The van der Waals surface area contributed by atoms with Crippen molar-refractivity contribution in [2.45, 2.75) is 38.5 Å². The van der Waals surface area contributed by atoms with Gasteiger partial charge in [-0.25, -0.2) is 4.79 Å². The second-order valence-corrected chi connectivity index (χ2v) is 8.94. The number of nitrogens with two attached hydrogens (primary N) is 1. The summed E-state index contributed by atoms with van der Waals surface area (Å²) in [6.45, 7) is 8.50. The summed E-state index contributed by atoms with van der Waals surface area (Å²) < 4.78 is 7.51. The van der Waals surface area contributed by atoms with E-state index < -0.39 is 0 Å². The average molecular weight is 454 g/mol. The Bertz CT molecular complexity index is 1160. The fourth-order valence-electron chi connectivity index (χ4n) is 4.51. The van der Waals surface area contributed by atoms with Crippen molar-refractivity contribution in [1.29, 1.82) is 0 Å². The van der Waals surface area contributed by atoms with E-state index in [0.29, 0.717) is 23.7 Å². The molecule has 0 aliphatic carbocycles. The van der Waals surface area contributed by atoms with Crippen LogP contribution < -0.4 is 22.1 Å². The van der Waals surface area contributed by atoms with E-state index in [9.17, 15) is 4.79 Å². The predicted octanol–water partition coefficient (Wildman–Crippen LogP) is 0.531. The number of rotatable bonds is 8. The number of hydrogen-bond donors (Lipinski definition) is 4. The first kappa shape index (κ1) is 21.8. The SMILES string of the molecule is CCCCNc1nc(N)c2[nH]c(=O)n(Cc3ccc(CN4CC5(CNCCO5)C4)cn3)c2n1. The Morgan fingerprint density at radius 1 is 1.27 bits per heavy atom. The highest BCUT2D eigenvalue weighted by Crippen LogP contribution is 2.27. The van der Waals surface area contributed by atoms with E-state index >= 15 is 0 Å². The fourth-order valence-corrected chi connectivity index (χ4v) is 4.51. The molecule has 0 radical (unpaired) electrons. The average Bonchev–Trinajstić information content (AvgIpc) is 3.11. The molecule has 0 amide bonds. The van der Waals surface area contributed by atoms with Crippen LogP contribution in [0.1, 0.15) is 31.0 Å². The summed E-state index contributed by atoms with van der Waals surface area (Å²) in [5.41, 5.74) is 8.60. The molecule has 0 saturated carbocycles. The molecule has 0 unspecified atom stereocenters. The Morgan fingerprint density at radius 2 is 2.15 bits per heavy atom. The number of ether oxygens (including phenoxy) is 1. The molecular weight excluding hydrogens is 422 g/mol. The molecule has 2 aliphatic rings. The summed E-state index contributed by atoms with van der Waals surface area (Å²) in [4.78, 5) is 31.1. The minimum atomic E-state index is -0.283. The maximum absolute atomic E-state index is 12.6. The third kappa shape index (κ3) is 4.56. The number of unbranched alkanes of at least 4 members (excludes halogenated alkanes) is 1. The first-order chi connectivity index (χ1) is 16.0. The maximum atomic E-state index is 12.6. The van der Waals surface area contributed by atoms with Gasteiger partial charge in [0.05, 0.1) is 18.8 Å². The van der Waals surface area contributed by atoms with Gasteiger partial charge in [0.2, 0.25) is 5.95 Å². The second-order valence-electron chi connectivity index (χ2n) is 8.94. The third-order valence-electron chi connectivity index (χ3n) is 6.23. The van der Waals surface area contributed by atoms with Crippen LogP contribution in [0.4, 0.5) is 11.8 Å². The van der Waals surface area contributed by atoms with Crippen molar-refractivity contribution >= 4 is 22.9 Å². The van der Waals surface area contributed by atoms with Crippen molar-refractivity contribution in [2.75, 3.05) is 50.4 Å². The maximum Gasteiger partial charge on any atom is 0.328 e. The number of fused-ring (bicyclic) bond motifs is 1. The van der Waals surface area contributed by atoms with Crippen LogP contribution >= 0.6 is 0 Å². The van der Waals surface area contributed by atoms with E-state index in [4.69, 9.17) is 10.5 Å². The number of nitrogens with one attached hydrogen (secondary N) is 3. The van der Waals surface area contributed by atoms with Gasteiger partial charge in [0.1, 0.15) is 11.1 Å². The molecule has 2 saturated heterocycles. The highest BCUT2D eigenvalue weighted by Gasteiger charge is 2.44. The highest BCUT2D eigenvalue weighted by molar-refractivity contribution is 5.82. The van der Waals surface area contributed by atoms with Gasteiger partial charge >= 0.3 is 5.69 Å². The van der Waals surface area contributed by atoms with Gasteiger partial charge in [0.15, 0.2) is 11.5 Å². The molecule has 11 nitrogen and oxygen atoms in total. The molecule has 11 heteroatoms. The lowest BCUT2D eigenvalue weighted by Gasteiger charge is -2.51. The molecule has 0 atom stereocenters. The molecule has 0 bridgehead atoms. The number of morpholine rings is 1. The number of pyridine rings is 1. The Balaban J connectivity index is 1.26. The van der Waals surface area contributed by atoms with Crippen LogP contribution in [0.15, 0.2) is 23.1 Å². The van der Waals surface area contributed by atoms with Crippen LogP contribution in [0.25, 0.3) is 11.2 Å². The minimum Gasteiger partial charge on any atom is -0.382 e. The second kappa shape index (κ2) is 9.08.